The predicted octanol–water partition coefficient (Wildman–Crippen LogP) is 4.25. The van der Waals surface area contributed by atoms with Crippen molar-refractivity contribution in [1.29, 1.82) is 5.26 Å². The van der Waals surface area contributed by atoms with E-state index in [0.29, 0.717) is 34.5 Å². The molecule has 9 heteroatoms. The summed E-state index contributed by atoms with van der Waals surface area (Å²) in [5.41, 5.74) is 3.54. The first kappa shape index (κ1) is 21.2. The largest absolute Gasteiger partial charge is 0.481 e. The average molecular weight is 466 g/mol. The molecule has 35 heavy (non-hydrogen) atoms. The van der Waals surface area contributed by atoms with Crippen molar-refractivity contribution in [2.24, 2.45) is 17.8 Å². The minimum atomic E-state index is -0.743. The average Bonchev–Trinajstić information content (AvgIpc) is 3.33. The van der Waals surface area contributed by atoms with Crippen LogP contribution in [0.1, 0.15) is 31.2 Å². The van der Waals surface area contributed by atoms with E-state index in [-0.39, 0.29) is 12.0 Å². The molecular weight excluding hydrogens is 442 g/mol. The molecule has 3 aromatic heterocycles. The number of benzene rings is 1. The highest BCUT2D eigenvalue weighted by Gasteiger charge is 2.47. The number of carboxylic acid groups (broad SMARTS) is 1. The summed E-state index contributed by atoms with van der Waals surface area (Å²) < 4.78 is 0. The maximum atomic E-state index is 12.2. The number of hydrogen-bond donors (Lipinski definition) is 3. The SMILES string of the molecule is N#Cc1ccc(-c2cc(NC3C4CCC(CC4)C3C(=O)O)nc(-c3c[nH]c4ncncc34)n2)cc1. The van der Waals surface area contributed by atoms with Crippen molar-refractivity contribution >= 4 is 22.8 Å². The lowest BCUT2D eigenvalue weighted by Gasteiger charge is -2.47. The molecule has 2 atom stereocenters. The first-order valence-corrected chi connectivity index (χ1v) is 11.8. The van der Waals surface area contributed by atoms with Crippen LogP contribution in [0.2, 0.25) is 0 Å². The van der Waals surface area contributed by atoms with E-state index < -0.39 is 11.9 Å². The number of rotatable bonds is 5. The number of nitriles is 1. The Morgan fingerprint density at radius 1 is 1.11 bits per heavy atom. The van der Waals surface area contributed by atoms with Crippen LogP contribution < -0.4 is 5.32 Å². The van der Waals surface area contributed by atoms with Gasteiger partial charge in [0.1, 0.15) is 17.8 Å². The Hall–Kier alpha value is -4.32. The Labute approximate surface area is 201 Å². The van der Waals surface area contributed by atoms with E-state index in [1.807, 2.05) is 24.4 Å². The monoisotopic (exact) mass is 465 g/mol. The molecule has 1 aromatic carbocycles. The normalized spacial score (nSPS) is 23.2. The summed E-state index contributed by atoms with van der Waals surface area (Å²) in [4.78, 5) is 33.4. The summed E-state index contributed by atoms with van der Waals surface area (Å²) in [6.07, 6.45) is 9.02. The number of aromatic nitrogens is 5. The van der Waals surface area contributed by atoms with Gasteiger partial charge in [0.2, 0.25) is 0 Å². The molecule has 2 bridgehead atoms. The van der Waals surface area contributed by atoms with Gasteiger partial charge in [-0.2, -0.15) is 5.26 Å². The van der Waals surface area contributed by atoms with Crippen molar-refractivity contribution in [3.05, 3.63) is 54.6 Å². The Morgan fingerprint density at radius 3 is 2.63 bits per heavy atom. The number of aliphatic carboxylic acids is 1. The van der Waals surface area contributed by atoms with E-state index in [1.165, 1.54) is 6.33 Å². The highest BCUT2D eigenvalue weighted by Crippen LogP contribution is 2.46. The standard InChI is InChI=1S/C26H23N7O2/c27-10-14-1-3-15(4-2-14)20-9-21(32-23-17-7-5-16(6-8-17)22(23)26(34)35)33-25(31-20)19-12-29-24-18(19)11-28-13-30-24/h1-4,9,11-13,16-17,22-23H,5-8H2,(H,34,35)(H,28,29,30)(H,31,32,33). The number of anilines is 1. The number of carbonyl (C=O) groups is 1. The second-order valence-electron chi connectivity index (χ2n) is 9.35. The van der Waals surface area contributed by atoms with Gasteiger partial charge in [0.15, 0.2) is 5.82 Å². The summed E-state index contributed by atoms with van der Waals surface area (Å²) in [5, 5.41) is 23.5. The molecule has 0 radical (unpaired) electrons. The number of nitrogens with zero attached hydrogens (tertiary/aromatic N) is 5. The van der Waals surface area contributed by atoms with E-state index >= 15 is 0 Å². The van der Waals surface area contributed by atoms with Crippen molar-refractivity contribution in [1.82, 2.24) is 24.9 Å². The number of hydrogen-bond acceptors (Lipinski definition) is 7. The van der Waals surface area contributed by atoms with Crippen LogP contribution in [0.4, 0.5) is 5.82 Å². The van der Waals surface area contributed by atoms with E-state index in [9.17, 15) is 9.90 Å². The van der Waals surface area contributed by atoms with Crippen LogP contribution in [0.15, 0.2) is 49.1 Å². The Bertz CT molecular complexity index is 1450. The molecule has 3 aliphatic carbocycles. The Balaban J connectivity index is 1.45. The molecule has 3 heterocycles. The van der Waals surface area contributed by atoms with Crippen molar-refractivity contribution in [2.75, 3.05) is 5.32 Å². The zero-order valence-electron chi connectivity index (χ0n) is 18.8. The molecule has 2 unspecified atom stereocenters. The highest BCUT2D eigenvalue weighted by molar-refractivity contribution is 5.91. The lowest BCUT2D eigenvalue weighted by atomic mass is 9.61. The van der Waals surface area contributed by atoms with Crippen LogP contribution in [0.5, 0.6) is 0 Å². The molecule has 4 aromatic rings. The summed E-state index contributed by atoms with van der Waals surface area (Å²) >= 11 is 0. The smallest absolute Gasteiger partial charge is 0.308 e. The Kier molecular flexibility index (Phi) is 5.14. The third-order valence-electron chi connectivity index (χ3n) is 7.45. The molecule has 0 aliphatic heterocycles. The van der Waals surface area contributed by atoms with Crippen LogP contribution >= 0.6 is 0 Å². The quantitative estimate of drug-likeness (QED) is 0.397. The lowest BCUT2D eigenvalue weighted by Crippen LogP contribution is -2.51. The van der Waals surface area contributed by atoms with E-state index in [0.717, 1.165) is 42.2 Å². The van der Waals surface area contributed by atoms with Crippen molar-refractivity contribution in [2.45, 2.75) is 31.7 Å². The van der Waals surface area contributed by atoms with E-state index in [1.54, 1.807) is 18.3 Å². The van der Waals surface area contributed by atoms with Crippen molar-refractivity contribution in [3.8, 4) is 28.7 Å². The van der Waals surface area contributed by atoms with Gasteiger partial charge >= 0.3 is 5.97 Å². The summed E-state index contributed by atoms with van der Waals surface area (Å²) in [5.74, 6) is 0.403. The molecule has 0 spiro atoms. The molecule has 7 rings (SSSR count). The fourth-order valence-corrected chi connectivity index (χ4v) is 5.73. The lowest BCUT2D eigenvalue weighted by molar-refractivity contribution is -0.148. The van der Waals surface area contributed by atoms with Crippen LogP contribution in [-0.2, 0) is 4.79 Å². The molecule has 3 saturated carbocycles. The third-order valence-corrected chi connectivity index (χ3v) is 7.45. The fourth-order valence-electron chi connectivity index (χ4n) is 5.73. The zero-order valence-corrected chi connectivity index (χ0v) is 18.8. The maximum Gasteiger partial charge on any atom is 0.308 e. The van der Waals surface area contributed by atoms with Crippen LogP contribution in [0, 0.1) is 29.1 Å². The molecule has 174 valence electrons. The minimum absolute atomic E-state index is 0.178. The summed E-state index contributed by atoms with van der Waals surface area (Å²) in [7, 11) is 0. The molecular formula is C26H23N7O2. The molecule has 3 N–H and O–H groups in total. The zero-order chi connectivity index (χ0) is 23.9. The number of aromatic amines is 1. The second kappa shape index (κ2) is 8.47. The van der Waals surface area contributed by atoms with Gasteiger partial charge in [-0.15, -0.1) is 0 Å². The molecule has 3 aliphatic rings. The van der Waals surface area contributed by atoms with Gasteiger partial charge in [0.05, 0.1) is 23.2 Å². The Morgan fingerprint density at radius 2 is 1.89 bits per heavy atom. The summed E-state index contributed by atoms with van der Waals surface area (Å²) in [6, 6.07) is 11.0. The van der Waals surface area contributed by atoms with Gasteiger partial charge in [-0.3, -0.25) is 4.79 Å². The van der Waals surface area contributed by atoms with E-state index in [4.69, 9.17) is 15.2 Å². The van der Waals surface area contributed by atoms with Gasteiger partial charge in [0, 0.05) is 41.0 Å². The van der Waals surface area contributed by atoms with E-state index in [2.05, 4.69) is 26.3 Å². The second-order valence-corrected chi connectivity index (χ2v) is 9.35. The topological polar surface area (TPSA) is 140 Å². The molecule has 0 amide bonds. The van der Waals surface area contributed by atoms with Crippen LogP contribution in [-0.4, -0.2) is 42.0 Å². The van der Waals surface area contributed by atoms with Gasteiger partial charge < -0.3 is 15.4 Å². The van der Waals surface area contributed by atoms with Gasteiger partial charge in [-0.25, -0.2) is 19.9 Å². The predicted molar refractivity (Wildman–Crippen MR) is 129 cm³/mol. The summed E-state index contributed by atoms with van der Waals surface area (Å²) in [6.45, 7) is 0. The number of nitrogens with one attached hydrogen (secondary N) is 2. The maximum absolute atomic E-state index is 12.2. The molecule has 3 fully saturated rings. The molecule has 0 saturated heterocycles. The van der Waals surface area contributed by atoms with Gasteiger partial charge in [-0.1, -0.05) is 12.1 Å². The van der Waals surface area contributed by atoms with Crippen LogP contribution in [0.25, 0.3) is 33.7 Å². The van der Waals surface area contributed by atoms with Gasteiger partial charge in [-0.05, 0) is 49.7 Å². The van der Waals surface area contributed by atoms with Crippen LogP contribution in [0.3, 0.4) is 0 Å². The first-order valence-electron chi connectivity index (χ1n) is 11.8. The van der Waals surface area contributed by atoms with Crippen molar-refractivity contribution in [3.63, 3.8) is 0 Å². The first-order chi connectivity index (χ1) is 17.1. The molecule has 9 nitrogen and oxygen atoms in total. The third kappa shape index (κ3) is 3.77. The van der Waals surface area contributed by atoms with Gasteiger partial charge in [0.25, 0.3) is 0 Å². The number of fused-ring (bicyclic) bond motifs is 4. The van der Waals surface area contributed by atoms with Crippen molar-refractivity contribution < 1.29 is 9.90 Å². The number of H-pyrrole nitrogens is 1. The minimum Gasteiger partial charge on any atom is -0.481 e. The number of carboxylic acids is 1. The highest BCUT2D eigenvalue weighted by atomic mass is 16.4. The fraction of sp³-hybridized carbons (Fsp3) is 0.308.